The number of hydrogen-bond acceptors (Lipinski definition) is 5. The molecule has 0 bridgehead atoms. The van der Waals surface area contributed by atoms with E-state index in [1.165, 1.54) is 19.1 Å². The first-order valence-corrected chi connectivity index (χ1v) is 6.16. The quantitative estimate of drug-likeness (QED) is 0.731. The molecule has 1 atom stereocenters. The van der Waals surface area contributed by atoms with Crippen molar-refractivity contribution in [2.24, 2.45) is 0 Å². The van der Waals surface area contributed by atoms with Crippen molar-refractivity contribution >= 4 is 11.9 Å². The van der Waals surface area contributed by atoms with Gasteiger partial charge in [0, 0.05) is 6.07 Å². The van der Waals surface area contributed by atoms with Crippen LogP contribution in [0.4, 0.5) is 0 Å². The second kappa shape index (κ2) is 5.81. The van der Waals surface area contributed by atoms with E-state index in [-0.39, 0.29) is 17.1 Å². The van der Waals surface area contributed by atoms with Gasteiger partial charge in [-0.3, -0.25) is 4.79 Å². The molecule has 0 fully saturated rings. The van der Waals surface area contributed by atoms with Crippen molar-refractivity contribution in [3.8, 4) is 11.5 Å². The summed E-state index contributed by atoms with van der Waals surface area (Å²) in [6.07, 6.45) is 0. The monoisotopic (exact) mass is 281 g/mol. The molecule has 0 aliphatic rings. The minimum absolute atomic E-state index is 0.0294. The smallest absolute Gasteiger partial charge is 0.328 e. The largest absolute Gasteiger partial charge is 0.508 e. The molecule has 6 nitrogen and oxygen atoms in total. The first-order chi connectivity index (χ1) is 9.10. The molecule has 1 amide bonds. The van der Waals surface area contributed by atoms with Crippen LogP contribution in [0.3, 0.4) is 0 Å². The second-order valence-electron chi connectivity index (χ2n) is 5.43. The van der Waals surface area contributed by atoms with Gasteiger partial charge in [-0.2, -0.15) is 0 Å². The van der Waals surface area contributed by atoms with E-state index in [2.05, 4.69) is 5.32 Å². The highest BCUT2D eigenvalue weighted by molar-refractivity contribution is 5.99. The zero-order chi connectivity index (χ0) is 15.5. The van der Waals surface area contributed by atoms with Crippen LogP contribution in [0.1, 0.15) is 38.1 Å². The fourth-order valence-electron chi connectivity index (χ4n) is 1.44. The van der Waals surface area contributed by atoms with Crippen molar-refractivity contribution in [1.82, 2.24) is 5.32 Å². The maximum Gasteiger partial charge on any atom is 0.328 e. The standard InChI is InChI=1S/C14H19NO5/c1-8(13(19)20-14(2,3)4)15-12(18)10-6-5-9(16)7-11(10)17/h5-8,16-17H,1-4H3,(H,15,18)/t8-/m1/s1. The van der Waals surface area contributed by atoms with Gasteiger partial charge in [-0.15, -0.1) is 0 Å². The zero-order valence-electron chi connectivity index (χ0n) is 11.9. The van der Waals surface area contributed by atoms with E-state index in [1.54, 1.807) is 20.8 Å². The lowest BCUT2D eigenvalue weighted by molar-refractivity contribution is -0.156. The average molecular weight is 281 g/mol. The molecular weight excluding hydrogens is 262 g/mol. The molecule has 3 N–H and O–H groups in total. The summed E-state index contributed by atoms with van der Waals surface area (Å²) in [7, 11) is 0. The van der Waals surface area contributed by atoms with Crippen LogP contribution in [-0.4, -0.2) is 33.7 Å². The molecule has 6 heteroatoms. The number of esters is 1. The molecule has 0 aliphatic carbocycles. The molecule has 0 aliphatic heterocycles. The number of hydrogen-bond donors (Lipinski definition) is 3. The molecule has 20 heavy (non-hydrogen) atoms. The first-order valence-electron chi connectivity index (χ1n) is 6.16. The van der Waals surface area contributed by atoms with E-state index >= 15 is 0 Å². The van der Waals surface area contributed by atoms with E-state index in [0.29, 0.717) is 0 Å². The lowest BCUT2D eigenvalue weighted by Gasteiger charge is -2.22. The number of rotatable bonds is 3. The van der Waals surface area contributed by atoms with Crippen LogP contribution in [0.25, 0.3) is 0 Å². The molecule has 0 aromatic heterocycles. The summed E-state index contributed by atoms with van der Waals surface area (Å²) in [6, 6.07) is 2.73. The Hall–Kier alpha value is -2.24. The number of benzene rings is 1. The SMILES string of the molecule is C[C@@H](NC(=O)c1ccc(O)cc1O)C(=O)OC(C)(C)C. The highest BCUT2D eigenvalue weighted by Gasteiger charge is 2.24. The van der Waals surface area contributed by atoms with Crippen LogP contribution in [0.15, 0.2) is 18.2 Å². The third kappa shape index (κ3) is 4.46. The molecule has 1 aromatic carbocycles. The lowest BCUT2D eigenvalue weighted by Crippen LogP contribution is -2.42. The van der Waals surface area contributed by atoms with Crippen LogP contribution < -0.4 is 5.32 Å². The van der Waals surface area contributed by atoms with Gasteiger partial charge in [-0.25, -0.2) is 4.79 Å². The van der Waals surface area contributed by atoms with Gasteiger partial charge in [-0.1, -0.05) is 0 Å². The number of ether oxygens (including phenoxy) is 1. The summed E-state index contributed by atoms with van der Waals surface area (Å²) >= 11 is 0. The Morgan fingerprint density at radius 2 is 1.85 bits per heavy atom. The van der Waals surface area contributed by atoms with Gasteiger partial charge in [-0.05, 0) is 39.8 Å². The van der Waals surface area contributed by atoms with E-state index in [1.807, 2.05) is 0 Å². The van der Waals surface area contributed by atoms with E-state index in [0.717, 1.165) is 6.07 Å². The molecule has 0 heterocycles. The van der Waals surface area contributed by atoms with E-state index in [9.17, 15) is 14.7 Å². The molecule has 0 spiro atoms. The van der Waals surface area contributed by atoms with Crippen molar-refractivity contribution < 1.29 is 24.5 Å². The Kier molecular flexibility index (Phi) is 4.60. The van der Waals surface area contributed by atoms with Crippen molar-refractivity contribution in [3.63, 3.8) is 0 Å². The maximum absolute atomic E-state index is 11.9. The highest BCUT2D eigenvalue weighted by Crippen LogP contribution is 2.22. The van der Waals surface area contributed by atoms with E-state index in [4.69, 9.17) is 9.84 Å². The topological polar surface area (TPSA) is 95.9 Å². The van der Waals surface area contributed by atoms with Crippen LogP contribution in [0.2, 0.25) is 0 Å². The minimum atomic E-state index is -0.852. The van der Waals surface area contributed by atoms with Gasteiger partial charge in [0.2, 0.25) is 0 Å². The second-order valence-corrected chi connectivity index (χ2v) is 5.43. The molecule has 1 aromatic rings. The molecule has 0 unspecified atom stereocenters. The minimum Gasteiger partial charge on any atom is -0.508 e. The number of phenols is 2. The van der Waals surface area contributed by atoms with Gasteiger partial charge in [0.1, 0.15) is 23.1 Å². The lowest BCUT2D eigenvalue weighted by atomic mass is 10.1. The van der Waals surface area contributed by atoms with Crippen LogP contribution in [-0.2, 0) is 9.53 Å². The molecule has 0 radical (unpaired) electrons. The summed E-state index contributed by atoms with van der Waals surface area (Å²) in [6.45, 7) is 6.67. The average Bonchev–Trinajstić information content (AvgIpc) is 2.26. The summed E-state index contributed by atoms with van der Waals surface area (Å²) in [5.41, 5.74) is -0.672. The molecule has 0 saturated carbocycles. The number of amides is 1. The third-order valence-corrected chi connectivity index (χ3v) is 2.33. The number of phenolic OH excluding ortho intramolecular Hbond substituents is 2. The first kappa shape index (κ1) is 15.8. The van der Waals surface area contributed by atoms with E-state index < -0.39 is 23.5 Å². The normalized spacial score (nSPS) is 12.6. The van der Waals surface area contributed by atoms with Crippen molar-refractivity contribution in [2.45, 2.75) is 39.3 Å². The van der Waals surface area contributed by atoms with Gasteiger partial charge in [0.25, 0.3) is 5.91 Å². The van der Waals surface area contributed by atoms with Gasteiger partial charge in [0.15, 0.2) is 0 Å². The predicted molar refractivity (Wildman–Crippen MR) is 72.5 cm³/mol. The number of carbonyl (C=O) groups is 2. The third-order valence-electron chi connectivity index (χ3n) is 2.33. The Morgan fingerprint density at radius 3 is 2.35 bits per heavy atom. The Bertz CT molecular complexity index is 519. The zero-order valence-corrected chi connectivity index (χ0v) is 11.9. The summed E-state index contributed by atoms with van der Waals surface area (Å²) in [4.78, 5) is 23.6. The fraction of sp³-hybridized carbons (Fsp3) is 0.429. The van der Waals surface area contributed by atoms with Crippen molar-refractivity contribution in [1.29, 1.82) is 0 Å². The molecule has 0 saturated heterocycles. The van der Waals surface area contributed by atoms with Gasteiger partial charge < -0.3 is 20.3 Å². The number of nitrogens with one attached hydrogen (secondary N) is 1. The van der Waals surface area contributed by atoms with Crippen LogP contribution >= 0.6 is 0 Å². The molecular formula is C14H19NO5. The predicted octanol–water partition coefficient (Wildman–Crippen LogP) is 1.56. The highest BCUT2D eigenvalue weighted by atomic mass is 16.6. The fourth-order valence-corrected chi connectivity index (χ4v) is 1.44. The molecule has 1 rings (SSSR count). The van der Waals surface area contributed by atoms with Gasteiger partial charge >= 0.3 is 5.97 Å². The summed E-state index contributed by atoms with van der Waals surface area (Å²) < 4.78 is 5.13. The summed E-state index contributed by atoms with van der Waals surface area (Å²) in [5.74, 6) is -1.71. The summed E-state index contributed by atoms with van der Waals surface area (Å²) in [5, 5.41) is 21.1. The number of aromatic hydroxyl groups is 2. The Labute approximate surface area is 117 Å². The maximum atomic E-state index is 11.9. The van der Waals surface area contributed by atoms with Crippen molar-refractivity contribution in [2.75, 3.05) is 0 Å². The van der Waals surface area contributed by atoms with Crippen LogP contribution in [0.5, 0.6) is 11.5 Å². The Balaban J connectivity index is 2.73. The van der Waals surface area contributed by atoms with Crippen molar-refractivity contribution in [3.05, 3.63) is 23.8 Å². The van der Waals surface area contributed by atoms with Gasteiger partial charge in [0.05, 0.1) is 5.56 Å². The number of carbonyl (C=O) groups excluding carboxylic acids is 2. The Morgan fingerprint density at radius 1 is 1.25 bits per heavy atom. The molecule has 110 valence electrons. The van der Waals surface area contributed by atoms with Crippen LogP contribution in [0, 0.1) is 0 Å².